The largest absolute Gasteiger partial charge is 0.387 e. The molecule has 0 heterocycles. The van der Waals surface area contributed by atoms with E-state index in [0.717, 1.165) is 10.0 Å². The number of carbonyl (C=O) groups is 1. The number of aliphatic hydroxyl groups is 1. The molecule has 1 atom stereocenters. The smallest absolute Gasteiger partial charge is 0.235 e. The summed E-state index contributed by atoms with van der Waals surface area (Å²) >= 11 is 3.29. The Morgan fingerprint density at radius 2 is 1.72 bits per heavy atom. The molecule has 134 valence electrons. The molecule has 7 heteroatoms. The van der Waals surface area contributed by atoms with Gasteiger partial charge in [0.05, 0.1) is 11.9 Å². The van der Waals surface area contributed by atoms with E-state index in [-0.39, 0.29) is 12.3 Å². The van der Waals surface area contributed by atoms with Crippen LogP contribution in [0.4, 0.5) is 0 Å². The molecule has 1 amide bonds. The Morgan fingerprint density at radius 1 is 1.12 bits per heavy atom. The van der Waals surface area contributed by atoms with Gasteiger partial charge in [-0.15, -0.1) is 0 Å². The van der Waals surface area contributed by atoms with Crippen LogP contribution < -0.4 is 5.32 Å². The molecule has 0 aliphatic heterocycles. The van der Waals surface area contributed by atoms with E-state index in [4.69, 9.17) is 0 Å². The molecule has 25 heavy (non-hydrogen) atoms. The second-order valence-electron chi connectivity index (χ2n) is 5.89. The minimum atomic E-state index is -3.57. The lowest BCUT2D eigenvalue weighted by Gasteiger charge is -2.13. The molecule has 0 spiro atoms. The monoisotopic (exact) mass is 425 g/mol. The van der Waals surface area contributed by atoms with Crippen molar-refractivity contribution >= 4 is 31.7 Å². The predicted molar refractivity (Wildman–Crippen MR) is 101 cm³/mol. The lowest BCUT2D eigenvalue weighted by atomic mass is 10.1. The van der Waals surface area contributed by atoms with Gasteiger partial charge in [-0.05, 0) is 30.2 Å². The van der Waals surface area contributed by atoms with Crippen LogP contribution in [0.5, 0.6) is 0 Å². The minimum absolute atomic E-state index is 0.0320. The van der Waals surface area contributed by atoms with Crippen molar-refractivity contribution in [2.75, 3.05) is 12.3 Å². The van der Waals surface area contributed by atoms with Crippen LogP contribution in [0.2, 0.25) is 0 Å². The fraction of sp³-hybridized carbons (Fsp3) is 0.278. The summed E-state index contributed by atoms with van der Waals surface area (Å²) in [5.41, 5.74) is 2.36. The number of sulfone groups is 1. The molecular formula is C18H20BrNO4S. The van der Waals surface area contributed by atoms with Crippen molar-refractivity contribution in [1.82, 2.24) is 5.32 Å². The molecule has 2 aromatic rings. The lowest BCUT2D eigenvalue weighted by molar-refractivity contribution is -0.119. The van der Waals surface area contributed by atoms with E-state index >= 15 is 0 Å². The van der Waals surface area contributed by atoms with E-state index in [1.807, 2.05) is 19.1 Å². The summed E-state index contributed by atoms with van der Waals surface area (Å²) < 4.78 is 25.1. The van der Waals surface area contributed by atoms with E-state index in [2.05, 4.69) is 21.2 Å². The highest BCUT2D eigenvalue weighted by atomic mass is 79.9. The molecule has 0 saturated carbocycles. The van der Waals surface area contributed by atoms with Crippen molar-refractivity contribution < 1.29 is 18.3 Å². The zero-order valence-electron chi connectivity index (χ0n) is 13.8. The molecule has 0 fully saturated rings. The number of aryl methyl sites for hydroxylation is 1. The number of benzene rings is 2. The quantitative estimate of drug-likeness (QED) is 0.713. The van der Waals surface area contributed by atoms with E-state index in [1.165, 1.54) is 0 Å². The molecule has 2 rings (SSSR count). The third-order valence-corrected chi connectivity index (χ3v) is 5.61. The zero-order valence-corrected chi connectivity index (χ0v) is 16.2. The third kappa shape index (κ3) is 6.61. The van der Waals surface area contributed by atoms with Crippen molar-refractivity contribution in [2.45, 2.75) is 18.8 Å². The number of amides is 1. The van der Waals surface area contributed by atoms with E-state index < -0.39 is 27.6 Å². The van der Waals surface area contributed by atoms with Crippen molar-refractivity contribution in [3.8, 4) is 0 Å². The molecular weight excluding hydrogens is 406 g/mol. The Morgan fingerprint density at radius 3 is 2.32 bits per heavy atom. The van der Waals surface area contributed by atoms with Gasteiger partial charge in [0.25, 0.3) is 0 Å². The number of halogens is 1. The van der Waals surface area contributed by atoms with Gasteiger partial charge in [0.2, 0.25) is 5.91 Å². The summed E-state index contributed by atoms with van der Waals surface area (Å²) in [7, 11) is -3.57. The number of hydrogen-bond acceptors (Lipinski definition) is 4. The van der Waals surface area contributed by atoms with Gasteiger partial charge in [-0.1, -0.05) is 57.9 Å². The van der Waals surface area contributed by atoms with Gasteiger partial charge in [0.15, 0.2) is 9.84 Å². The summed E-state index contributed by atoms with van der Waals surface area (Å²) in [6.45, 7) is 1.91. The van der Waals surface area contributed by atoms with Crippen molar-refractivity contribution in [1.29, 1.82) is 0 Å². The van der Waals surface area contributed by atoms with Gasteiger partial charge in [0, 0.05) is 11.0 Å². The Kier molecular flexibility index (Phi) is 6.75. The number of aliphatic hydroxyl groups excluding tert-OH is 1. The first-order valence-electron chi connectivity index (χ1n) is 7.71. The normalized spacial score (nSPS) is 12.6. The van der Waals surface area contributed by atoms with Gasteiger partial charge in [-0.25, -0.2) is 8.42 Å². The van der Waals surface area contributed by atoms with Gasteiger partial charge < -0.3 is 10.4 Å². The highest BCUT2D eigenvalue weighted by Crippen LogP contribution is 2.14. The van der Waals surface area contributed by atoms with Crippen molar-refractivity contribution in [3.63, 3.8) is 0 Å². The maximum absolute atomic E-state index is 12.1. The standard InChI is InChI=1S/C18H20BrNO4S/c1-13-2-6-15(7-3-13)17(21)10-20-18(22)12-25(23,24)11-14-4-8-16(19)9-5-14/h2-9,17,21H,10-12H2,1H3,(H,20,22). The highest BCUT2D eigenvalue weighted by molar-refractivity contribution is 9.10. The summed E-state index contributed by atoms with van der Waals surface area (Å²) in [6.07, 6.45) is -0.876. The van der Waals surface area contributed by atoms with E-state index in [1.54, 1.807) is 36.4 Å². The van der Waals surface area contributed by atoms with Crippen molar-refractivity contribution in [3.05, 3.63) is 69.7 Å². The van der Waals surface area contributed by atoms with Crippen LogP contribution in [0.3, 0.4) is 0 Å². The van der Waals surface area contributed by atoms with Crippen LogP contribution >= 0.6 is 15.9 Å². The van der Waals surface area contributed by atoms with Crippen LogP contribution in [-0.4, -0.2) is 31.7 Å². The molecule has 5 nitrogen and oxygen atoms in total. The van der Waals surface area contributed by atoms with Crippen LogP contribution in [-0.2, 0) is 20.4 Å². The Balaban J connectivity index is 1.86. The molecule has 0 aliphatic carbocycles. The van der Waals surface area contributed by atoms with E-state index in [9.17, 15) is 18.3 Å². The Hall–Kier alpha value is -1.70. The fourth-order valence-corrected chi connectivity index (χ4v) is 3.82. The average molecular weight is 426 g/mol. The fourth-order valence-electron chi connectivity index (χ4n) is 2.25. The first-order valence-corrected chi connectivity index (χ1v) is 10.3. The zero-order chi connectivity index (χ0) is 18.4. The average Bonchev–Trinajstić information content (AvgIpc) is 2.55. The molecule has 0 saturated heterocycles. The third-order valence-electron chi connectivity index (χ3n) is 3.61. The molecule has 0 aromatic heterocycles. The topological polar surface area (TPSA) is 83.5 Å². The van der Waals surface area contributed by atoms with E-state index in [0.29, 0.717) is 11.1 Å². The second kappa shape index (κ2) is 8.60. The summed E-state index contributed by atoms with van der Waals surface area (Å²) in [6, 6.07) is 14.2. The van der Waals surface area contributed by atoms with Gasteiger partial charge in [-0.3, -0.25) is 4.79 Å². The van der Waals surface area contributed by atoms with Crippen LogP contribution in [0.1, 0.15) is 22.8 Å². The van der Waals surface area contributed by atoms with Crippen LogP contribution in [0, 0.1) is 6.92 Å². The SMILES string of the molecule is Cc1ccc(C(O)CNC(=O)CS(=O)(=O)Cc2ccc(Br)cc2)cc1. The lowest BCUT2D eigenvalue weighted by Crippen LogP contribution is -2.33. The summed E-state index contributed by atoms with van der Waals surface area (Å²) in [5, 5.41) is 12.5. The first kappa shape index (κ1) is 19.6. The molecule has 0 bridgehead atoms. The second-order valence-corrected chi connectivity index (χ2v) is 8.87. The molecule has 0 radical (unpaired) electrons. The van der Waals surface area contributed by atoms with Crippen molar-refractivity contribution in [2.24, 2.45) is 0 Å². The number of rotatable bonds is 7. The van der Waals surface area contributed by atoms with Gasteiger partial charge in [0.1, 0.15) is 5.75 Å². The van der Waals surface area contributed by atoms with Gasteiger partial charge in [-0.2, -0.15) is 0 Å². The predicted octanol–water partition coefficient (Wildman–Crippen LogP) is 2.52. The molecule has 1 unspecified atom stereocenters. The molecule has 0 aliphatic rings. The first-order chi connectivity index (χ1) is 11.7. The summed E-state index contributed by atoms with van der Waals surface area (Å²) in [4.78, 5) is 11.9. The number of carbonyl (C=O) groups excluding carboxylic acids is 1. The molecule has 2 N–H and O–H groups in total. The summed E-state index contributed by atoms with van der Waals surface area (Å²) in [5.74, 6) is -1.43. The number of hydrogen-bond donors (Lipinski definition) is 2. The Bertz CT molecular complexity index is 817. The van der Waals surface area contributed by atoms with Crippen LogP contribution in [0.25, 0.3) is 0 Å². The Labute approximate surface area is 156 Å². The molecule has 2 aromatic carbocycles. The highest BCUT2D eigenvalue weighted by Gasteiger charge is 2.18. The van der Waals surface area contributed by atoms with Crippen LogP contribution in [0.15, 0.2) is 53.0 Å². The number of nitrogens with one attached hydrogen (secondary N) is 1. The maximum Gasteiger partial charge on any atom is 0.235 e. The maximum atomic E-state index is 12.1. The minimum Gasteiger partial charge on any atom is -0.387 e. The van der Waals surface area contributed by atoms with Gasteiger partial charge >= 0.3 is 0 Å².